The van der Waals surface area contributed by atoms with Crippen molar-refractivity contribution in [2.45, 2.75) is 38.3 Å². The van der Waals surface area contributed by atoms with Crippen molar-refractivity contribution in [1.29, 1.82) is 0 Å². The Morgan fingerprint density at radius 2 is 1.53 bits per heavy atom. The molecule has 198 valence electrons. The predicted molar refractivity (Wildman–Crippen MR) is 153 cm³/mol. The lowest BCUT2D eigenvalue weighted by Crippen LogP contribution is -2.38. The molecule has 0 aromatic heterocycles. The zero-order valence-electron chi connectivity index (χ0n) is 22.3. The number of anilines is 2. The van der Waals surface area contributed by atoms with Crippen molar-refractivity contribution in [1.82, 2.24) is 0 Å². The Balaban J connectivity index is 1.58. The zero-order chi connectivity index (χ0) is 27.1. The Hall–Kier alpha value is -3.90. The number of methoxy groups -OCH3 is 1. The van der Waals surface area contributed by atoms with Crippen molar-refractivity contribution < 1.29 is 19.4 Å². The van der Waals surface area contributed by atoms with E-state index < -0.39 is 5.97 Å². The van der Waals surface area contributed by atoms with E-state index in [1.165, 1.54) is 0 Å². The van der Waals surface area contributed by atoms with E-state index in [0.717, 1.165) is 65.4 Å². The second-order valence-electron chi connectivity index (χ2n) is 10.0. The molecule has 6 nitrogen and oxygen atoms in total. The number of rotatable bonds is 9. The van der Waals surface area contributed by atoms with Crippen LogP contribution >= 0.6 is 0 Å². The van der Waals surface area contributed by atoms with Crippen LogP contribution in [0.4, 0.5) is 11.4 Å². The third kappa shape index (κ3) is 6.90. The highest BCUT2D eigenvalue weighted by molar-refractivity contribution is 5.95. The lowest BCUT2D eigenvalue weighted by Gasteiger charge is -2.32. The van der Waals surface area contributed by atoms with Crippen LogP contribution in [-0.2, 0) is 20.9 Å². The molecule has 1 amide bonds. The molecule has 0 unspecified atom stereocenters. The van der Waals surface area contributed by atoms with Gasteiger partial charge in [0, 0.05) is 44.6 Å². The molecule has 0 bridgehead atoms. The molecule has 0 atom stereocenters. The Labute approximate surface area is 225 Å². The molecule has 0 aliphatic heterocycles. The molecule has 0 spiro atoms. The lowest BCUT2D eigenvalue weighted by molar-refractivity contribution is -0.131. The van der Waals surface area contributed by atoms with Gasteiger partial charge >= 0.3 is 5.97 Å². The summed E-state index contributed by atoms with van der Waals surface area (Å²) < 4.78 is 5.50. The predicted octanol–water partition coefficient (Wildman–Crippen LogP) is 6.26. The maximum Gasteiger partial charge on any atom is 0.328 e. The molecule has 38 heavy (non-hydrogen) atoms. The number of ether oxygens (including phenoxy) is 1. The number of carbonyl (C=O) groups is 2. The van der Waals surface area contributed by atoms with E-state index in [9.17, 15) is 9.59 Å². The highest BCUT2D eigenvalue weighted by atomic mass is 16.5. The van der Waals surface area contributed by atoms with Gasteiger partial charge < -0.3 is 19.6 Å². The number of carbonyl (C=O) groups excluding carboxylic acids is 1. The van der Waals surface area contributed by atoms with Crippen LogP contribution in [0.5, 0.6) is 0 Å². The SMILES string of the molecule is COC1CCC(C(=O)N(Cc2ccc(-c3ccc(N(C)C)cc3)cc2)c2cccc(/C=C/C(=O)O)c2)CC1. The van der Waals surface area contributed by atoms with Gasteiger partial charge in [0.25, 0.3) is 0 Å². The highest BCUT2D eigenvalue weighted by Gasteiger charge is 2.30. The van der Waals surface area contributed by atoms with E-state index in [1.807, 2.05) is 43.3 Å². The molecule has 4 rings (SSSR count). The number of carboxylic acids is 1. The average Bonchev–Trinajstić information content (AvgIpc) is 2.95. The first-order valence-electron chi connectivity index (χ1n) is 13.1. The van der Waals surface area contributed by atoms with Crippen LogP contribution in [0.25, 0.3) is 17.2 Å². The Bertz CT molecular complexity index is 1260. The minimum absolute atomic E-state index is 0.0610. The minimum atomic E-state index is -1.00. The van der Waals surface area contributed by atoms with E-state index in [1.54, 1.807) is 13.2 Å². The van der Waals surface area contributed by atoms with Crippen molar-refractivity contribution in [2.24, 2.45) is 5.92 Å². The van der Waals surface area contributed by atoms with Crippen molar-refractivity contribution in [3.63, 3.8) is 0 Å². The van der Waals surface area contributed by atoms with Gasteiger partial charge in [0.2, 0.25) is 5.91 Å². The van der Waals surface area contributed by atoms with Crippen LogP contribution in [0.15, 0.2) is 78.9 Å². The summed E-state index contributed by atoms with van der Waals surface area (Å²) in [7, 11) is 5.78. The summed E-state index contributed by atoms with van der Waals surface area (Å²) >= 11 is 0. The third-order valence-corrected chi connectivity index (χ3v) is 7.23. The average molecular weight is 513 g/mol. The normalized spacial score (nSPS) is 17.3. The fourth-order valence-corrected chi connectivity index (χ4v) is 4.96. The van der Waals surface area contributed by atoms with Crippen molar-refractivity contribution in [3.8, 4) is 11.1 Å². The zero-order valence-corrected chi connectivity index (χ0v) is 22.3. The quantitative estimate of drug-likeness (QED) is 0.343. The molecule has 1 fully saturated rings. The summed E-state index contributed by atoms with van der Waals surface area (Å²) in [5, 5.41) is 9.03. The summed E-state index contributed by atoms with van der Waals surface area (Å²) in [6, 6.07) is 24.3. The standard InChI is InChI=1S/C32H36N2O4/c1-33(2)28-16-12-26(13-17-28)25-10-7-24(8-11-25)22-34(32(37)27-14-18-30(38-3)19-15-27)29-6-4-5-23(21-29)9-20-31(35)36/h4-13,16-17,20-21,27,30H,14-15,18-19,22H2,1-3H3,(H,35,36)/b20-9+. The van der Waals surface area contributed by atoms with Gasteiger partial charge in [-0.25, -0.2) is 4.79 Å². The molecule has 1 aliphatic rings. The van der Waals surface area contributed by atoms with E-state index in [-0.39, 0.29) is 17.9 Å². The number of aliphatic carboxylic acids is 1. The van der Waals surface area contributed by atoms with Gasteiger partial charge in [0.05, 0.1) is 12.6 Å². The van der Waals surface area contributed by atoms with Crippen LogP contribution in [0, 0.1) is 5.92 Å². The van der Waals surface area contributed by atoms with Gasteiger partial charge in [0.1, 0.15) is 0 Å². The Kier molecular flexibility index (Phi) is 8.98. The van der Waals surface area contributed by atoms with Crippen molar-refractivity contribution in [2.75, 3.05) is 31.0 Å². The van der Waals surface area contributed by atoms with Crippen LogP contribution in [0.2, 0.25) is 0 Å². The Morgan fingerprint density at radius 3 is 2.11 bits per heavy atom. The summed E-state index contributed by atoms with van der Waals surface area (Å²) in [4.78, 5) is 28.8. The Morgan fingerprint density at radius 1 is 0.895 bits per heavy atom. The van der Waals surface area contributed by atoms with Crippen LogP contribution in [-0.4, -0.2) is 44.3 Å². The van der Waals surface area contributed by atoms with Crippen molar-refractivity contribution >= 4 is 29.3 Å². The molecule has 1 saturated carbocycles. The van der Waals surface area contributed by atoms with Gasteiger partial charge in [-0.2, -0.15) is 0 Å². The van der Waals surface area contributed by atoms with E-state index >= 15 is 0 Å². The van der Waals surface area contributed by atoms with Gasteiger partial charge in [0.15, 0.2) is 0 Å². The first kappa shape index (κ1) is 27.1. The molecule has 0 saturated heterocycles. The molecule has 0 heterocycles. The second-order valence-corrected chi connectivity index (χ2v) is 10.0. The van der Waals surface area contributed by atoms with Gasteiger partial charge in [-0.3, -0.25) is 4.79 Å². The number of amides is 1. The maximum atomic E-state index is 13.8. The molecule has 3 aromatic carbocycles. The number of hydrogen-bond donors (Lipinski definition) is 1. The van der Waals surface area contributed by atoms with Gasteiger partial charge in [-0.15, -0.1) is 0 Å². The highest BCUT2D eigenvalue weighted by Crippen LogP contribution is 2.31. The summed E-state index contributed by atoms with van der Waals surface area (Å²) in [5.41, 5.74) is 5.95. The molecule has 6 heteroatoms. The number of hydrogen-bond acceptors (Lipinski definition) is 4. The van der Waals surface area contributed by atoms with Crippen LogP contribution in [0.1, 0.15) is 36.8 Å². The lowest BCUT2D eigenvalue weighted by atomic mass is 9.86. The topological polar surface area (TPSA) is 70.1 Å². The third-order valence-electron chi connectivity index (χ3n) is 7.23. The smallest absolute Gasteiger partial charge is 0.328 e. The first-order chi connectivity index (χ1) is 18.3. The van der Waals surface area contributed by atoms with Crippen LogP contribution in [0.3, 0.4) is 0 Å². The monoisotopic (exact) mass is 512 g/mol. The fourth-order valence-electron chi connectivity index (χ4n) is 4.96. The largest absolute Gasteiger partial charge is 0.478 e. The van der Waals surface area contributed by atoms with Gasteiger partial charge in [-0.1, -0.05) is 48.5 Å². The number of nitrogens with zero attached hydrogens (tertiary/aromatic N) is 2. The summed E-state index contributed by atoms with van der Waals surface area (Å²) in [5.74, 6) is -0.967. The molecule has 3 aromatic rings. The molecule has 0 radical (unpaired) electrons. The van der Waals surface area contributed by atoms with E-state index in [2.05, 4.69) is 53.4 Å². The van der Waals surface area contributed by atoms with E-state index in [4.69, 9.17) is 9.84 Å². The minimum Gasteiger partial charge on any atom is -0.478 e. The number of benzene rings is 3. The molecular formula is C32H36N2O4. The number of carboxylic acid groups (broad SMARTS) is 1. The summed E-state index contributed by atoms with van der Waals surface area (Å²) in [6.45, 7) is 0.439. The molecule has 1 aliphatic carbocycles. The maximum absolute atomic E-state index is 13.8. The second kappa shape index (κ2) is 12.6. The molecular weight excluding hydrogens is 476 g/mol. The van der Waals surface area contributed by atoms with Crippen molar-refractivity contribution in [3.05, 3.63) is 90.0 Å². The van der Waals surface area contributed by atoms with E-state index in [0.29, 0.717) is 6.54 Å². The van der Waals surface area contributed by atoms with Crippen LogP contribution < -0.4 is 9.80 Å². The molecule has 1 N–H and O–H groups in total. The van der Waals surface area contributed by atoms with Gasteiger partial charge in [-0.05, 0) is 78.3 Å². The first-order valence-corrected chi connectivity index (χ1v) is 13.1. The fraction of sp³-hybridized carbons (Fsp3) is 0.312. The summed E-state index contributed by atoms with van der Waals surface area (Å²) in [6.07, 6.45) is 6.24.